The Morgan fingerprint density at radius 1 is 1.00 bits per heavy atom. The van der Waals surface area contributed by atoms with Gasteiger partial charge < -0.3 is 25.5 Å². The van der Waals surface area contributed by atoms with Gasteiger partial charge in [-0.2, -0.15) is 0 Å². The maximum absolute atomic E-state index is 13.9. The Morgan fingerprint density at radius 2 is 1.74 bits per heavy atom. The minimum absolute atomic E-state index is 0.0205. The first-order chi connectivity index (χ1) is 18.6. The number of carbonyl (C=O) groups is 3. The van der Waals surface area contributed by atoms with Gasteiger partial charge in [0.25, 0.3) is 5.91 Å². The van der Waals surface area contributed by atoms with Crippen LogP contribution in [0.3, 0.4) is 0 Å². The fraction of sp³-hybridized carbons (Fsp3) is 0.233. The van der Waals surface area contributed by atoms with E-state index in [0.717, 1.165) is 11.3 Å². The van der Waals surface area contributed by atoms with E-state index < -0.39 is 11.8 Å². The smallest absolute Gasteiger partial charge is 0.303 e. The van der Waals surface area contributed by atoms with Crippen molar-refractivity contribution in [1.29, 1.82) is 0 Å². The minimum atomic E-state index is -0.895. The summed E-state index contributed by atoms with van der Waals surface area (Å²) in [5.41, 5.74) is 4.70. The maximum Gasteiger partial charge on any atom is 0.303 e. The Hall–Kier alpha value is -4.50. The second-order valence-electron chi connectivity index (χ2n) is 9.63. The summed E-state index contributed by atoms with van der Waals surface area (Å²) in [6.45, 7) is 2.78. The third kappa shape index (κ3) is 6.69. The van der Waals surface area contributed by atoms with Crippen molar-refractivity contribution in [2.24, 2.45) is 0 Å². The summed E-state index contributed by atoms with van der Waals surface area (Å²) in [6.07, 6.45) is 0.315. The van der Waals surface area contributed by atoms with Gasteiger partial charge in [0.2, 0.25) is 5.91 Å². The SMILES string of the molecule is CC(=O)N(CCN(C)C)c1ccc(NC(=C2C(=O)Nc3cc(F)ccc32)c2cccc(CCC(=O)O)c2)cc1. The van der Waals surface area contributed by atoms with Crippen molar-refractivity contribution in [3.8, 4) is 0 Å². The van der Waals surface area contributed by atoms with Crippen molar-refractivity contribution >= 4 is 46.1 Å². The summed E-state index contributed by atoms with van der Waals surface area (Å²) in [6, 6.07) is 18.8. The van der Waals surface area contributed by atoms with Crippen LogP contribution in [0, 0.1) is 5.82 Å². The van der Waals surface area contributed by atoms with Gasteiger partial charge in [-0.15, -0.1) is 0 Å². The van der Waals surface area contributed by atoms with Crippen LogP contribution in [0.5, 0.6) is 0 Å². The normalized spacial score (nSPS) is 13.6. The van der Waals surface area contributed by atoms with E-state index in [4.69, 9.17) is 5.11 Å². The van der Waals surface area contributed by atoms with Gasteiger partial charge in [0.1, 0.15) is 5.82 Å². The van der Waals surface area contributed by atoms with Crippen molar-refractivity contribution < 1.29 is 23.9 Å². The molecule has 2 amide bonds. The van der Waals surface area contributed by atoms with Crippen molar-refractivity contribution in [2.75, 3.05) is 42.7 Å². The molecule has 3 aromatic rings. The quantitative estimate of drug-likeness (QED) is 0.329. The number of halogens is 1. The molecule has 0 fully saturated rings. The Labute approximate surface area is 226 Å². The van der Waals surface area contributed by atoms with Crippen LogP contribution in [0.2, 0.25) is 0 Å². The molecule has 0 spiro atoms. The molecule has 4 rings (SSSR count). The predicted molar refractivity (Wildman–Crippen MR) is 151 cm³/mol. The first-order valence-electron chi connectivity index (χ1n) is 12.6. The average Bonchev–Trinajstić information content (AvgIpc) is 3.21. The molecule has 1 heterocycles. The summed E-state index contributed by atoms with van der Waals surface area (Å²) in [7, 11) is 3.89. The lowest BCUT2D eigenvalue weighted by Gasteiger charge is -2.23. The molecule has 0 saturated heterocycles. The number of aryl methyl sites for hydroxylation is 1. The Bertz CT molecular complexity index is 1430. The number of fused-ring (bicyclic) bond motifs is 1. The molecule has 0 unspecified atom stereocenters. The topological polar surface area (TPSA) is 102 Å². The molecule has 0 atom stereocenters. The molecule has 8 nitrogen and oxygen atoms in total. The maximum atomic E-state index is 13.9. The van der Waals surface area contributed by atoms with Crippen LogP contribution in [-0.2, 0) is 20.8 Å². The Kier molecular flexibility index (Phi) is 8.41. The number of carbonyl (C=O) groups excluding carboxylic acids is 2. The number of carboxylic acid groups (broad SMARTS) is 1. The summed E-state index contributed by atoms with van der Waals surface area (Å²) >= 11 is 0. The van der Waals surface area contributed by atoms with E-state index in [9.17, 15) is 18.8 Å². The van der Waals surface area contributed by atoms with Gasteiger partial charge in [-0.05, 0) is 80.2 Å². The predicted octanol–water partition coefficient (Wildman–Crippen LogP) is 4.69. The molecule has 0 saturated carbocycles. The van der Waals surface area contributed by atoms with Crippen LogP contribution >= 0.6 is 0 Å². The Morgan fingerprint density at radius 3 is 2.41 bits per heavy atom. The highest BCUT2D eigenvalue weighted by molar-refractivity contribution is 6.37. The van der Waals surface area contributed by atoms with Crippen LogP contribution in [0.1, 0.15) is 30.0 Å². The molecule has 202 valence electrons. The van der Waals surface area contributed by atoms with E-state index in [-0.39, 0.29) is 18.2 Å². The van der Waals surface area contributed by atoms with Gasteiger partial charge in [-0.3, -0.25) is 14.4 Å². The number of aliphatic carboxylic acids is 1. The monoisotopic (exact) mass is 530 g/mol. The fourth-order valence-corrected chi connectivity index (χ4v) is 4.44. The third-order valence-electron chi connectivity index (χ3n) is 6.42. The van der Waals surface area contributed by atoms with Crippen LogP contribution in [0.15, 0.2) is 66.7 Å². The second-order valence-corrected chi connectivity index (χ2v) is 9.63. The van der Waals surface area contributed by atoms with Gasteiger partial charge in [0.05, 0.1) is 17.0 Å². The van der Waals surface area contributed by atoms with E-state index in [1.54, 1.807) is 11.0 Å². The van der Waals surface area contributed by atoms with E-state index in [1.165, 1.54) is 19.1 Å². The summed E-state index contributed by atoms with van der Waals surface area (Å²) in [5, 5.41) is 15.2. The van der Waals surface area contributed by atoms with Crippen molar-refractivity contribution in [1.82, 2.24) is 4.90 Å². The Balaban J connectivity index is 1.74. The van der Waals surface area contributed by atoms with E-state index >= 15 is 0 Å². The number of benzene rings is 3. The lowest BCUT2D eigenvalue weighted by Crippen LogP contribution is -2.35. The highest BCUT2D eigenvalue weighted by atomic mass is 19.1. The highest BCUT2D eigenvalue weighted by Gasteiger charge is 2.29. The second kappa shape index (κ2) is 11.9. The zero-order chi connectivity index (χ0) is 28.1. The molecule has 9 heteroatoms. The number of nitrogens with one attached hydrogen (secondary N) is 2. The molecule has 3 N–H and O–H groups in total. The van der Waals surface area contributed by atoms with E-state index in [1.807, 2.05) is 67.5 Å². The van der Waals surface area contributed by atoms with Crippen LogP contribution in [0.4, 0.5) is 21.5 Å². The highest BCUT2D eigenvalue weighted by Crippen LogP contribution is 2.38. The number of hydrogen-bond donors (Lipinski definition) is 3. The molecule has 1 aliphatic heterocycles. The zero-order valence-corrected chi connectivity index (χ0v) is 22.1. The number of carboxylic acids is 1. The van der Waals surface area contributed by atoms with Crippen molar-refractivity contribution in [3.05, 3.63) is 89.2 Å². The molecule has 1 aliphatic rings. The van der Waals surface area contributed by atoms with Gasteiger partial charge >= 0.3 is 5.97 Å². The van der Waals surface area contributed by atoms with E-state index in [2.05, 4.69) is 10.6 Å². The minimum Gasteiger partial charge on any atom is -0.481 e. The van der Waals surface area contributed by atoms with Gasteiger partial charge in [-0.25, -0.2) is 4.39 Å². The van der Waals surface area contributed by atoms with Crippen LogP contribution < -0.4 is 15.5 Å². The first-order valence-corrected chi connectivity index (χ1v) is 12.6. The molecule has 0 bridgehead atoms. The molecule has 0 radical (unpaired) electrons. The standard InChI is InChI=1S/C30H31FN4O4/c1-19(36)35(16-15-34(2)3)24-11-9-23(10-12-24)32-29(21-6-4-5-20(17-21)7-14-27(37)38)28-25-13-8-22(31)18-26(25)33-30(28)39/h4-6,8-13,17-18,32H,7,14-16H2,1-3H3,(H,33,39)(H,37,38). The number of anilines is 3. The zero-order valence-electron chi connectivity index (χ0n) is 22.1. The van der Waals surface area contributed by atoms with Crippen LogP contribution in [0.25, 0.3) is 11.3 Å². The number of likely N-dealkylation sites (N-methyl/N-ethyl adjacent to an activating group) is 1. The summed E-state index contributed by atoms with van der Waals surface area (Å²) < 4.78 is 13.9. The van der Waals surface area contributed by atoms with Gasteiger partial charge in [0, 0.05) is 43.4 Å². The average molecular weight is 531 g/mol. The summed E-state index contributed by atoms with van der Waals surface area (Å²) in [5.74, 6) is -1.80. The third-order valence-corrected chi connectivity index (χ3v) is 6.42. The first kappa shape index (κ1) is 27.5. The molecular weight excluding hydrogens is 499 g/mol. The van der Waals surface area contributed by atoms with Crippen LogP contribution in [-0.4, -0.2) is 55.0 Å². The number of hydrogen-bond acceptors (Lipinski definition) is 5. The lowest BCUT2D eigenvalue weighted by molar-refractivity contribution is -0.137. The number of rotatable bonds is 10. The van der Waals surface area contributed by atoms with Gasteiger partial charge in [0.15, 0.2) is 0 Å². The molecule has 0 aromatic heterocycles. The largest absolute Gasteiger partial charge is 0.481 e. The molecule has 0 aliphatic carbocycles. The fourth-order valence-electron chi connectivity index (χ4n) is 4.44. The molecule has 39 heavy (non-hydrogen) atoms. The summed E-state index contributed by atoms with van der Waals surface area (Å²) in [4.78, 5) is 40.2. The van der Waals surface area contributed by atoms with Crippen molar-refractivity contribution in [3.63, 3.8) is 0 Å². The molecular formula is C30H31FN4O4. The lowest BCUT2D eigenvalue weighted by atomic mass is 9.97. The number of amides is 2. The number of nitrogens with zero attached hydrogens (tertiary/aromatic N) is 2. The molecule has 3 aromatic carbocycles. The van der Waals surface area contributed by atoms with E-state index in [0.29, 0.717) is 53.3 Å². The van der Waals surface area contributed by atoms with Crippen molar-refractivity contribution in [2.45, 2.75) is 19.8 Å². The van der Waals surface area contributed by atoms with Gasteiger partial charge in [-0.1, -0.05) is 18.2 Å².